The normalized spacial score (nSPS) is 12.5. The highest BCUT2D eigenvalue weighted by Gasteiger charge is 2.34. The molecule has 0 aromatic carbocycles. The predicted octanol–water partition coefficient (Wildman–Crippen LogP) is 4.52. The van der Waals surface area contributed by atoms with Gasteiger partial charge in [0.2, 0.25) is 0 Å². The lowest BCUT2D eigenvalue weighted by molar-refractivity contribution is 0.225. The Bertz CT molecular complexity index is 383. The molecule has 0 saturated carbocycles. The van der Waals surface area contributed by atoms with E-state index in [1.807, 2.05) is 12.3 Å². The SMILES string of the molecule is C=CCCc1cc(C(C)(C)C(C)(C)C)ccn1. The number of hydrogen-bond acceptors (Lipinski definition) is 1. The Hall–Kier alpha value is -1.11. The van der Waals surface area contributed by atoms with Crippen molar-refractivity contribution in [3.8, 4) is 0 Å². The minimum atomic E-state index is 0.152. The summed E-state index contributed by atoms with van der Waals surface area (Å²) < 4.78 is 0. The van der Waals surface area contributed by atoms with Gasteiger partial charge in [-0.25, -0.2) is 0 Å². The number of nitrogens with zero attached hydrogens (tertiary/aromatic N) is 1. The first kappa shape index (κ1) is 14.0. The van der Waals surface area contributed by atoms with Gasteiger partial charge in [-0.1, -0.05) is 40.7 Å². The Balaban J connectivity index is 3.02. The van der Waals surface area contributed by atoms with Crippen molar-refractivity contribution < 1.29 is 0 Å². The van der Waals surface area contributed by atoms with Crippen molar-refractivity contribution >= 4 is 0 Å². The van der Waals surface area contributed by atoms with Gasteiger partial charge in [0, 0.05) is 11.9 Å². The van der Waals surface area contributed by atoms with Crippen molar-refractivity contribution in [2.45, 2.75) is 52.9 Å². The van der Waals surface area contributed by atoms with Gasteiger partial charge in [0.15, 0.2) is 0 Å². The molecule has 0 spiro atoms. The summed E-state index contributed by atoms with van der Waals surface area (Å²) in [7, 11) is 0. The summed E-state index contributed by atoms with van der Waals surface area (Å²) in [4.78, 5) is 4.42. The maximum Gasteiger partial charge on any atom is 0.0409 e. The van der Waals surface area contributed by atoms with Gasteiger partial charge in [0.25, 0.3) is 0 Å². The predicted molar refractivity (Wildman–Crippen MR) is 75.2 cm³/mol. The van der Waals surface area contributed by atoms with Crippen LogP contribution in [0.2, 0.25) is 0 Å². The summed E-state index contributed by atoms with van der Waals surface area (Å²) in [5.41, 5.74) is 2.93. The number of hydrogen-bond donors (Lipinski definition) is 0. The minimum Gasteiger partial charge on any atom is -0.261 e. The van der Waals surface area contributed by atoms with Crippen molar-refractivity contribution in [1.29, 1.82) is 0 Å². The molecule has 0 unspecified atom stereocenters. The second kappa shape index (κ2) is 5.03. The summed E-state index contributed by atoms with van der Waals surface area (Å²) in [5, 5.41) is 0. The lowest BCUT2D eigenvalue weighted by Gasteiger charge is -2.39. The topological polar surface area (TPSA) is 12.9 Å². The van der Waals surface area contributed by atoms with E-state index in [4.69, 9.17) is 0 Å². The van der Waals surface area contributed by atoms with Gasteiger partial charge in [-0.3, -0.25) is 4.98 Å². The molecular weight excluding hydrogens is 206 g/mol. The van der Waals surface area contributed by atoms with Crippen LogP contribution in [0, 0.1) is 5.41 Å². The molecule has 0 aliphatic heterocycles. The van der Waals surface area contributed by atoms with Crippen LogP contribution in [0.5, 0.6) is 0 Å². The molecule has 1 heteroatoms. The van der Waals surface area contributed by atoms with Gasteiger partial charge >= 0.3 is 0 Å². The smallest absolute Gasteiger partial charge is 0.0409 e. The van der Waals surface area contributed by atoms with E-state index < -0.39 is 0 Å². The van der Waals surface area contributed by atoms with Crippen molar-refractivity contribution in [2.24, 2.45) is 5.41 Å². The van der Waals surface area contributed by atoms with Crippen LogP contribution in [0.1, 0.15) is 52.3 Å². The third kappa shape index (κ3) is 3.18. The second-order valence-electron chi connectivity index (χ2n) is 6.24. The Kier molecular flexibility index (Phi) is 4.13. The van der Waals surface area contributed by atoms with Crippen molar-refractivity contribution in [3.63, 3.8) is 0 Å². The molecule has 1 rings (SSSR count). The Morgan fingerprint density at radius 2 is 1.88 bits per heavy atom. The van der Waals surface area contributed by atoms with Crippen molar-refractivity contribution in [3.05, 3.63) is 42.2 Å². The van der Waals surface area contributed by atoms with Crippen LogP contribution in [-0.4, -0.2) is 4.98 Å². The molecule has 0 aliphatic rings. The highest BCUT2D eigenvalue weighted by molar-refractivity contribution is 5.27. The average Bonchev–Trinajstić information content (AvgIpc) is 2.25. The van der Waals surface area contributed by atoms with Gasteiger partial charge in [-0.05, 0) is 41.4 Å². The molecule has 1 aromatic heterocycles. The van der Waals surface area contributed by atoms with E-state index in [2.05, 4.69) is 58.3 Å². The summed E-state index contributed by atoms with van der Waals surface area (Å²) in [6.07, 6.45) is 5.86. The minimum absolute atomic E-state index is 0.152. The molecule has 1 heterocycles. The van der Waals surface area contributed by atoms with Gasteiger partial charge in [0.05, 0.1) is 0 Å². The van der Waals surface area contributed by atoms with Crippen LogP contribution in [-0.2, 0) is 11.8 Å². The lowest BCUT2D eigenvalue weighted by Crippen LogP contribution is -2.34. The third-order valence-electron chi connectivity index (χ3n) is 4.02. The molecular formula is C16H25N. The quantitative estimate of drug-likeness (QED) is 0.694. The summed E-state index contributed by atoms with van der Waals surface area (Å²) >= 11 is 0. The van der Waals surface area contributed by atoms with Gasteiger partial charge < -0.3 is 0 Å². The van der Waals surface area contributed by atoms with Crippen LogP contribution in [0.25, 0.3) is 0 Å². The number of aryl methyl sites for hydroxylation is 1. The van der Waals surface area contributed by atoms with E-state index in [0.29, 0.717) is 0 Å². The third-order valence-corrected chi connectivity index (χ3v) is 4.02. The molecule has 0 atom stereocenters. The zero-order chi connectivity index (χ0) is 13.1. The maximum absolute atomic E-state index is 4.42. The van der Waals surface area contributed by atoms with Gasteiger partial charge in [0.1, 0.15) is 0 Å². The van der Waals surface area contributed by atoms with Crippen molar-refractivity contribution in [2.75, 3.05) is 0 Å². The van der Waals surface area contributed by atoms with Gasteiger partial charge in [-0.2, -0.15) is 0 Å². The monoisotopic (exact) mass is 231 g/mol. The summed E-state index contributed by atoms with van der Waals surface area (Å²) in [6, 6.07) is 4.39. The summed E-state index contributed by atoms with van der Waals surface area (Å²) in [5.74, 6) is 0. The molecule has 1 aromatic rings. The first-order valence-corrected chi connectivity index (χ1v) is 6.35. The van der Waals surface area contributed by atoms with E-state index >= 15 is 0 Å². The number of allylic oxidation sites excluding steroid dienone is 1. The Labute approximate surface area is 106 Å². The number of aromatic nitrogens is 1. The summed E-state index contributed by atoms with van der Waals surface area (Å²) in [6.45, 7) is 15.2. The van der Waals surface area contributed by atoms with Crippen LogP contribution < -0.4 is 0 Å². The first-order valence-electron chi connectivity index (χ1n) is 6.35. The van der Waals surface area contributed by atoms with Crippen LogP contribution >= 0.6 is 0 Å². The number of pyridine rings is 1. The average molecular weight is 231 g/mol. The van der Waals surface area contributed by atoms with E-state index in [0.717, 1.165) is 12.8 Å². The fourth-order valence-electron chi connectivity index (χ4n) is 1.69. The molecule has 0 fully saturated rings. The highest BCUT2D eigenvalue weighted by atomic mass is 14.7. The first-order chi connectivity index (χ1) is 7.79. The standard InChI is InChI=1S/C16H25N/c1-7-8-9-14-12-13(10-11-17-14)16(5,6)15(2,3)4/h7,10-12H,1,8-9H2,2-6H3. The molecule has 94 valence electrons. The molecule has 0 radical (unpaired) electrons. The molecule has 0 saturated heterocycles. The molecule has 1 nitrogen and oxygen atoms in total. The maximum atomic E-state index is 4.42. The van der Waals surface area contributed by atoms with E-state index in [-0.39, 0.29) is 10.8 Å². The molecule has 0 bridgehead atoms. The highest BCUT2D eigenvalue weighted by Crippen LogP contribution is 2.40. The molecule has 0 aliphatic carbocycles. The van der Waals surface area contributed by atoms with Crippen LogP contribution in [0.3, 0.4) is 0 Å². The number of rotatable bonds is 4. The Morgan fingerprint density at radius 3 is 2.41 bits per heavy atom. The van der Waals surface area contributed by atoms with Crippen molar-refractivity contribution in [1.82, 2.24) is 4.98 Å². The van der Waals surface area contributed by atoms with E-state index in [1.165, 1.54) is 11.3 Å². The van der Waals surface area contributed by atoms with Gasteiger partial charge in [-0.15, -0.1) is 6.58 Å². The van der Waals surface area contributed by atoms with Crippen LogP contribution in [0.4, 0.5) is 0 Å². The second-order valence-corrected chi connectivity index (χ2v) is 6.24. The lowest BCUT2D eigenvalue weighted by atomic mass is 9.65. The van der Waals surface area contributed by atoms with E-state index in [1.54, 1.807) is 0 Å². The largest absolute Gasteiger partial charge is 0.261 e. The zero-order valence-corrected chi connectivity index (χ0v) is 11.9. The molecule has 0 amide bonds. The van der Waals surface area contributed by atoms with Crippen LogP contribution in [0.15, 0.2) is 31.0 Å². The molecule has 0 N–H and O–H groups in total. The van der Waals surface area contributed by atoms with E-state index in [9.17, 15) is 0 Å². The Morgan fingerprint density at radius 1 is 1.24 bits per heavy atom. The fraction of sp³-hybridized carbons (Fsp3) is 0.562. The molecule has 17 heavy (non-hydrogen) atoms. The fourth-order valence-corrected chi connectivity index (χ4v) is 1.69. The zero-order valence-electron chi connectivity index (χ0n) is 11.9.